The Bertz CT molecular complexity index is 763. The first kappa shape index (κ1) is 18.2. The van der Waals surface area contributed by atoms with E-state index in [1.165, 1.54) is 0 Å². The van der Waals surface area contributed by atoms with E-state index in [2.05, 4.69) is 5.32 Å². The molecule has 2 amide bonds. The average Bonchev–Trinajstić information content (AvgIpc) is 2.93. The van der Waals surface area contributed by atoms with Gasteiger partial charge in [-0.15, -0.1) is 0 Å². The van der Waals surface area contributed by atoms with E-state index in [9.17, 15) is 18.0 Å². The summed E-state index contributed by atoms with van der Waals surface area (Å²) in [5.74, 6) is -0.426. The van der Waals surface area contributed by atoms with Crippen LogP contribution in [-0.4, -0.2) is 55.8 Å². The van der Waals surface area contributed by atoms with Crippen LogP contribution in [0.15, 0.2) is 24.3 Å². The van der Waals surface area contributed by atoms with Crippen molar-refractivity contribution in [2.45, 2.75) is 25.3 Å². The molecule has 2 aliphatic heterocycles. The van der Waals surface area contributed by atoms with Gasteiger partial charge < -0.3 is 10.2 Å². The standard InChI is InChI=1S/C17H21ClN2O4S/c18-14-5-3-12(4-6-14)17(22)20-8-1-2-13(10-20)16(21)19-15-7-9-25(23,24)11-15/h3-6,13,15H,1-2,7-11H2,(H,19,21). The number of sulfone groups is 1. The second-order valence-corrected chi connectivity index (χ2v) is 9.37. The van der Waals surface area contributed by atoms with Gasteiger partial charge in [0.25, 0.3) is 5.91 Å². The van der Waals surface area contributed by atoms with Gasteiger partial charge in [-0.2, -0.15) is 0 Å². The third kappa shape index (κ3) is 4.52. The number of nitrogens with one attached hydrogen (secondary N) is 1. The molecular weight excluding hydrogens is 364 g/mol. The highest BCUT2D eigenvalue weighted by molar-refractivity contribution is 7.91. The monoisotopic (exact) mass is 384 g/mol. The minimum Gasteiger partial charge on any atom is -0.352 e. The minimum atomic E-state index is -3.03. The summed E-state index contributed by atoms with van der Waals surface area (Å²) in [5.41, 5.74) is 0.548. The van der Waals surface area contributed by atoms with E-state index in [0.29, 0.717) is 36.5 Å². The lowest BCUT2D eigenvalue weighted by molar-refractivity contribution is -0.126. The van der Waals surface area contributed by atoms with Gasteiger partial charge in [0.05, 0.1) is 17.4 Å². The maximum Gasteiger partial charge on any atom is 0.253 e. The summed E-state index contributed by atoms with van der Waals surface area (Å²) in [6.45, 7) is 0.968. The van der Waals surface area contributed by atoms with Gasteiger partial charge in [-0.3, -0.25) is 9.59 Å². The van der Waals surface area contributed by atoms with Crippen LogP contribution in [-0.2, 0) is 14.6 Å². The predicted molar refractivity (Wildman–Crippen MR) is 95.3 cm³/mol. The number of rotatable bonds is 3. The molecule has 6 nitrogen and oxygen atoms in total. The number of likely N-dealkylation sites (tertiary alicyclic amines) is 1. The van der Waals surface area contributed by atoms with E-state index in [4.69, 9.17) is 11.6 Å². The molecule has 2 unspecified atom stereocenters. The zero-order valence-corrected chi connectivity index (χ0v) is 15.4. The molecule has 0 spiro atoms. The van der Waals surface area contributed by atoms with Crippen LogP contribution in [0.2, 0.25) is 5.02 Å². The van der Waals surface area contributed by atoms with Gasteiger partial charge in [0.2, 0.25) is 5.91 Å². The van der Waals surface area contributed by atoms with Crippen molar-refractivity contribution < 1.29 is 18.0 Å². The molecular formula is C17H21ClN2O4S. The lowest BCUT2D eigenvalue weighted by Gasteiger charge is -2.32. The number of hydrogen-bond donors (Lipinski definition) is 1. The number of carbonyl (C=O) groups is 2. The van der Waals surface area contributed by atoms with E-state index in [-0.39, 0.29) is 35.3 Å². The second kappa shape index (κ2) is 7.33. The summed E-state index contributed by atoms with van der Waals surface area (Å²) >= 11 is 5.85. The van der Waals surface area contributed by atoms with Crippen LogP contribution < -0.4 is 5.32 Å². The van der Waals surface area contributed by atoms with Crippen LogP contribution in [0.3, 0.4) is 0 Å². The largest absolute Gasteiger partial charge is 0.352 e. The SMILES string of the molecule is O=C(NC1CCS(=O)(=O)C1)C1CCCN(C(=O)c2ccc(Cl)cc2)C1. The maximum absolute atomic E-state index is 12.6. The highest BCUT2D eigenvalue weighted by Gasteiger charge is 2.33. The summed E-state index contributed by atoms with van der Waals surface area (Å²) in [7, 11) is -3.03. The number of hydrogen-bond acceptors (Lipinski definition) is 4. The predicted octanol–water partition coefficient (Wildman–Crippen LogP) is 1.50. The van der Waals surface area contributed by atoms with Gasteiger partial charge in [0, 0.05) is 29.7 Å². The van der Waals surface area contributed by atoms with Crippen molar-refractivity contribution in [3.05, 3.63) is 34.9 Å². The van der Waals surface area contributed by atoms with Crippen molar-refractivity contribution in [2.75, 3.05) is 24.6 Å². The first-order chi connectivity index (χ1) is 11.8. The Morgan fingerprint density at radius 1 is 1.16 bits per heavy atom. The molecule has 2 fully saturated rings. The highest BCUT2D eigenvalue weighted by atomic mass is 35.5. The maximum atomic E-state index is 12.6. The number of nitrogens with zero attached hydrogens (tertiary/aromatic N) is 1. The van der Waals surface area contributed by atoms with E-state index in [0.717, 1.165) is 6.42 Å². The van der Waals surface area contributed by atoms with Gasteiger partial charge in [0.1, 0.15) is 0 Å². The molecule has 1 aromatic rings. The zero-order valence-electron chi connectivity index (χ0n) is 13.8. The van der Waals surface area contributed by atoms with Crippen LogP contribution in [0.4, 0.5) is 0 Å². The fraction of sp³-hybridized carbons (Fsp3) is 0.529. The van der Waals surface area contributed by atoms with Crippen molar-refractivity contribution in [3.8, 4) is 0 Å². The molecule has 136 valence electrons. The lowest BCUT2D eigenvalue weighted by Crippen LogP contribution is -2.47. The average molecular weight is 385 g/mol. The molecule has 0 aromatic heterocycles. The molecule has 25 heavy (non-hydrogen) atoms. The molecule has 2 aliphatic rings. The molecule has 2 saturated heterocycles. The van der Waals surface area contributed by atoms with Gasteiger partial charge in [-0.05, 0) is 43.5 Å². The van der Waals surface area contributed by atoms with E-state index in [1.807, 2.05) is 0 Å². The molecule has 1 aromatic carbocycles. The Kier molecular flexibility index (Phi) is 5.34. The van der Waals surface area contributed by atoms with Crippen molar-refractivity contribution in [1.82, 2.24) is 10.2 Å². The summed E-state index contributed by atoms with van der Waals surface area (Å²) in [5, 5.41) is 3.41. The van der Waals surface area contributed by atoms with Crippen molar-refractivity contribution in [3.63, 3.8) is 0 Å². The summed E-state index contributed by atoms with van der Waals surface area (Å²) < 4.78 is 23.0. The topological polar surface area (TPSA) is 83.6 Å². The highest BCUT2D eigenvalue weighted by Crippen LogP contribution is 2.21. The lowest BCUT2D eigenvalue weighted by atomic mass is 9.96. The molecule has 2 heterocycles. The normalized spacial score (nSPS) is 25.6. The zero-order chi connectivity index (χ0) is 18.0. The van der Waals surface area contributed by atoms with Crippen molar-refractivity contribution in [1.29, 1.82) is 0 Å². The molecule has 0 bridgehead atoms. The van der Waals surface area contributed by atoms with Crippen LogP contribution in [0.1, 0.15) is 29.6 Å². The van der Waals surface area contributed by atoms with Crippen molar-refractivity contribution in [2.24, 2.45) is 5.92 Å². The van der Waals surface area contributed by atoms with Gasteiger partial charge in [-0.1, -0.05) is 11.6 Å². The Morgan fingerprint density at radius 3 is 2.52 bits per heavy atom. The van der Waals surface area contributed by atoms with Gasteiger partial charge in [0.15, 0.2) is 9.84 Å². The van der Waals surface area contributed by atoms with Gasteiger partial charge >= 0.3 is 0 Å². The van der Waals surface area contributed by atoms with Crippen LogP contribution in [0.25, 0.3) is 0 Å². The van der Waals surface area contributed by atoms with Crippen molar-refractivity contribution >= 4 is 33.3 Å². The van der Waals surface area contributed by atoms with E-state index >= 15 is 0 Å². The molecule has 0 aliphatic carbocycles. The van der Waals surface area contributed by atoms with Crippen LogP contribution in [0.5, 0.6) is 0 Å². The third-order valence-electron chi connectivity index (χ3n) is 4.75. The van der Waals surface area contributed by atoms with Crippen LogP contribution >= 0.6 is 11.6 Å². The second-order valence-electron chi connectivity index (χ2n) is 6.71. The number of amides is 2. The van der Waals surface area contributed by atoms with Crippen LogP contribution in [0, 0.1) is 5.92 Å². The number of halogens is 1. The number of benzene rings is 1. The fourth-order valence-corrected chi connectivity index (χ4v) is 5.18. The Balaban J connectivity index is 1.59. The van der Waals surface area contributed by atoms with Gasteiger partial charge in [-0.25, -0.2) is 8.42 Å². The molecule has 8 heteroatoms. The van der Waals surface area contributed by atoms with E-state index in [1.54, 1.807) is 29.2 Å². The quantitative estimate of drug-likeness (QED) is 0.855. The first-order valence-corrected chi connectivity index (χ1v) is 10.6. The number of carbonyl (C=O) groups excluding carboxylic acids is 2. The minimum absolute atomic E-state index is 0.0128. The smallest absolute Gasteiger partial charge is 0.253 e. The Hall–Kier alpha value is -1.60. The Morgan fingerprint density at radius 2 is 1.88 bits per heavy atom. The molecule has 3 rings (SSSR count). The summed E-state index contributed by atoms with van der Waals surface area (Å²) in [6.07, 6.45) is 1.92. The molecule has 0 radical (unpaired) electrons. The fourth-order valence-electron chi connectivity index (χ4n) is 3.38. The third-order valence-corrected chi connectivity index (χ3v) is 6.77. The summed E-state index contributed by atoms with van der Waals surface area (Å²) in [6, 6.07) is 6.39. The summed E-state index contributed by atoms with van der Waals surface area (Å²) in [4.78, 5) is 26.7. The molecule has 0 saturated carbocycles. The first-order valence-electron chi connectivity index (χ1n) is 8.40. The van der Waals surface area contributed by atoms with E-state index < -0.39 is 9.84 Å². The Labute approximate surface area is 152 Å². The molecule has 2 atom stereocenters. The number of piperidine rings is 1. The molecule has 1 N–H and O–H groups in total.